The summed E-state index contributed by atoms with van der Waals surface area (Å²) in [5.41, 5.74) is 1.17. The molecule has 1 aromatic heterocycles. The van der Waals surface area contributed by atoms with E-state index in [0.717, 1.165) is 0 Å². The van der Waals surface area contributed by atoms with Crippen molar-refractivity contribution in [2.45, 2.75) is 24.8 Å². The van der Waals surface area contributed by atoms with E-state index in [1.165, 1.54) is 23.3 Å². The lowest BCUT2D eigenvalue weighted by molar-refractivity contribution is 0.0740. The molecule has 7 heteroatoms. The molecule has 22 heavy (non-hydrogen) atoms. The maximum absolute atomic E-state index is 12.4. The summed E-state index contributed by atoms with van der Waals surface area (Å²) < 4.78 is 28.0. The van der Waals surface area contributed by atoms with Gasteiger partial charge < -0.3 is 9.32 Å². The van der Waals surface area contributed by atoms with E-state index in [1.54, 1.807) is 32.2 Å². The summed E-state index contributed by atoms with van der Waals surface area (Å²) in [5.74, 6) is 0.349. The normalized spacial score (nSPS) is 12.9. The summed E-state index contributed by atoms with van der Waals surface area (Å²) in [7, 11) is -2.12. The second-order valence-electron chi connectivity index (χ2n) is 5.10. The van der Waals surface area contributed by atoms with Crippen LogP contribution >= 0.6 is 0 Å². The third kappa shape index (κ3) is 3.20. The SMILES string of the molecule is Cc1occc1C(=O)N(C)C(C)c1cccc(S(N)(=O)=O)c1. The molecule has 0 saturated heterocycles. The molecule has 2 aromatic rings. The van der Waals surface area contributed by atoms with Crippen LogP contribution < -0.4 is 5.14 Å². The first-order valence-electron chi connectivity index (χ1n) is 6.66. The van der Waals surface area contributed by atoms with Gasteiger partial charge in [0.25, 0.3) is 5.91 Å². The molecule has 6 nitrogen and oxygen atoms in total. The van der Waals surface area contributed by atoms with Crippen LogP contribution in [0.3, 0.4) is 0 Å². The third-order valence-electron chi connectivity index (χ3n) is 3.66. The Kier molecular flexibility index (Phi) is 4.39. The molecule has 1 heterocycles. The molecule has 0 spiro atoms. The van der Waals surface area contributed by atoms with E-state index in [4.69, 9.17) is 9.56 Å². The number of carbonyl (C=O) groups is 1. The molecule has 1 unspecified atom stereocenters. The molecule has 2 rings (SSSR count). The number of carbonyl (C=O) groups excluding carboxylic acids is 1. The fraction of sp³-hybridized carbons (Fsp3) is 0.267. The lowest BCUT2D eigenvalue weighted by Gasteiger charge is -2.25. The Hall–Kier alpha value is -2.12. The number of hydrogen-bond acceptors (Lipinski definition) is 4. The average Bonchev–Trinajstić information content (AvgIpc) is 2.90. The third-order valence-corrected chi connectivity index (χ3v) is 4.57. The van der Waals surface area contributed by atoms with Gasteiger partial charge in [-0.2, -0.15) is 0 Å². The van der Waals surface area contributed by atoms with E-state index in [2.05, 4.69) is 0 Å². The zero-order valence-electron chi connectivity index (χ0n) is 12.6. The van der Waals surface area contributed by atoms with Gasteiger partial charge in [0.1, 0.15) is 5.76 Å². The predicted molar refractivity (Wildman–Crippen MR) is 81.8 cm³/mol. The van der Waals surface area contributed by atoms with E-state index >= 15 is 0 Å². The summed E-state index contributed by atoms with van der Waals surface area (Å²) >= 11 is 0. The fourth-order valence-corrected chi connectivity index (χ4v) is 2.72. The van der Waals surface area contributed by atoms with E-state index in [1.807, 2.05) is 6.92 Å². The van der Waals surface area contributed by atoms with Crippen molar-refractivity contribution in [1.82, 2.24) is 4.90 Å². The van der Waals surface area contributed by atoms with Crippen LogP contribution in [0.4, 0.5) is 0 Å². The van der Waals surface area contributed by atoms with Crippen molar-refractivity contribution in [1.29, 1.82) is 0 Å². The fourth-order valence-electron chi connectivity index (χ4n) is 2.15. The minimum absolute atomic E-state index is 0.0252. The summed E-state index contributed by atoms with van der Waals surface area (Å²) in [6.45, 7) is 3.53. The van der Waals surface area contributed by atoms with E-state index in [-0.39, 0.29) is 16.8 Å². The molecule has 0 aliphatic heterocycles. The van der Waals surface area contributed by atoms with Crippen molar-refractivity contribution >= 4 is 15.9 Å². The molecule has 0 radical (unpaired) electrons. The number of primary sulfonamides is 1. The standard InChI is InChI=1S/C15H18N2O4S/c1-10(12-5-4-6-13(9-12)22(16,19)20)17(3)15(18)14-7-8-21-11(14)2/h4-10H,1-3H3,(H2,16,19,20). The molecular formula is C15H18N2O4S. The minimum Gasteiger partial charge on any atom is -0.469 e. The maximum atomic E-state index is 12.4. The summed E-state index contributed by atoms with van der Waals surface area (Å²) in [5, 5.41) is 5.14. The van der Waals surface area contributed by atoms with Crippen LogP contribution in [-0.4, -0.2) is 26.3 Å². The molecule has 0 saturated carbocycles. The number of sulfonamides is 1. The Morgan fingerprint density at radius 1 is 1.32 bits per heavy atom. The Morgan fingerprint density at radius 2 is 2.00 bits per heavy atom. The number of rotatable bonds is 4. The van der Waals surface area contributed by atoms with Gasteiger partial charge in [0.15, 0.2) is 0 Å². The number of hydrogen-bond donors (Lipinski definition) is 1. The Labute approximate surface area is 129 Å². The first-order chi connectivity index (χ1) is 10.2. The molecule has 0 aliphatic carbocycles. The van der Waals surface area contributed by atoms with Crippen molar-refractivity contribution in [3.63, 3.8) is 0 Å². The number of furan rings is 1. The van der Waals surface area contributed by atoms with Crippen LogP contribution in [-0.2, 0) is 10.0 Å². The highest BCUT2D eigenvalue weighted by atomic mass is 32.2. The molecule has 0 aliphatic rings. The van der Waals surface area contributed by atoms with E-state index in [9.17, 15) is 13.2 Å². The largest absolute Gasteiger partial charge is 0.469 e. The number of benzene rings is 1. The Bertz CT molecular complexity index is 795. The number of nitrogens with zero attached hydrogens (tertiary/aromatic N) is 1. The molecule has 2 N–H and O–H groups in total. The van der Waals surface area contributed by atoms with Crippen LogP contribution in [0.1, 0.15) is 34.6 Å². The number of nitrogens with two attached hydrogens (primary N) is 1. The highest BCUT2D eigenvalue weighted by Crippen LogP contribution is 2.24. The maximum Gasteiger partial charge on any atom is 0.257 e. The monoisotopic (exact) mass is 322 g/mol. The second-order valence-corrected chi connectivity index (χ2v) is 6.66. The van der Waals surface area contributed by atoms with Crippen LogP contribution in [0.25, 0.3) is 0 Å². The van der Waals surface area contributed by atoms with Gasteiger partial charge in [-0.15, -0.1) is 0 Å². The van der Waals surface area contributed by atoms with Crippen LogP contribution in [0.2, 0.25) is 0 Å². The number of amides is 1. The molecule has 1 atom stereocenters. The smallest absolute Gasteiger partial charge is 0.257 e. The molecule has 1 aromatic carbocycles. The minimum atomic E-state index is -3.77. The van der Waals surface area contributed by atoms with Crippen molar-refractivity contribution < 1.29 is 17.6 Å². The Balaban J connectivity index is 2.30. The highest BCUT2D eigenvalue weighted by molar-refractivity contribution is 7.89. The lowest BCUT2D eigenvalue weighted by atomic mass is 10.1. The molecule has 0 fully saturated rings. The first-order valence-corrected chi connectivity index (χ1v) is 8.20. The Morgan fingerprint density at radius 3 is 2.55 bits per heavy atom. The van der Waals surface area contributed by atoms with Gasteiger partial charge in [-0.1, -0.05) is 12.1 Å². The topological polar surface area (TPSA) is 93.6 Å². The van der Waals surface area contributed by atoms with Crippen LogP contribution in [0.15, 0.2) is 45.9 Å². The first kappa shape index (κ1) is 16.3. The van der Waals surface area contributed by atoms with E-state index < -0.39 is 10.0 Å². The summed E-state index contributed by atoms with van der Waals surface area (Å²) in [4.78, 5) is 14.0. The van der Waals surface area contributed by atoms with Gasteiger partial charge in [-0.25, -0.2) is 13.6 Å². The van der Waals surface area contributed by atoms with Crippen LogP contribution in [0.5, 0.6) is 0 Å². The molecule has 0 bridgehead atoms. The molecular weight excluding hydrogens is 304 g/mol. The predicted octanol–water partition coefficient (Wildman–Crippen LogP) is 2.07. The van der Waals surface area contributed by atoms with Crippen molar-refractivity contribution in [2.75, 3.05) is 7.05 Å². The highest BCUT2D eigenvalue weighted by Gasteiger charge is 2.22. The molecule has 1 amide bonds. The zero-order valence-corrected chi connectivity index (χ0v) is 13.4. The van der Waals surface area contributed by atoms with Gasteiger partial charge in [-0.3, -0.25) is 4.79 Å². The van der Waals surface area contributed by atoms with Gasteiger partial charge in [0.05, 0.1) is 22.8 Å². The number of aryl methyl sites for hydroxylation is 1. The van der Waals surface area contributed by atoms with Gasteiger partial charge in [0.2, 0.25) is 10.0 Å². The van der Waals surface area contributed by atoms with Crippen molar-refractivity contribution in [3.8, 4) is 0 Å². The van der Waals surface area contributed by atoms with Crippen molar-refractivity contribution in [2.24, 2.45) is 5.14 Å². The van der Waals surface area contributed by atoms with Crippen LogP contribution in [0, 0.1) is 6.92 Å². The summed E-state index contributed by atoms with van der Waals surface area (Å²) in [6.07, 6.45) is 1.46. The average molecular weight is 322 g/mol. The quantitative estimate of drug-likeness (QED) is 0.932. The second kappa shape index (κ2) is 5.94. The lowest BCUT2D eigenvalue weighted by Crippen LogP contribution is -2.30. The van der Waals surface area contributed by atoms with E-state index in [0.29, 0.717) is 16.9 Å². The molecule has 118 valence electrons. The van der Waals surface area contributed by atoms with Crippen molar-refractivity contribution in [3.05, 3.63) is 53.5 Å². The van der Waals surface area contributed by atoms with Gasteiger partial charge >= 0.3 is 0 Å². The zero-order chi connectivity index (χ0) is 16.5. The van der Waals surface area contributed by atoms with Gasteiger partial charge in [0, 0.05) is 7.05 Å². The summed E-state index contributed by atoms with van der Waals surface area (Å²) in [6, 6.07) is 7.56. The van der Waals surface area contributed by atoms with Gasteiger partial charge in [-0.05, 0) is 37.6 Å².